The largest absolute Gasteiger partial charge is 0.597 e. The van der Waals surface area contributed by atoms with Crippen LogP contribution in [0.1, 0.15) is 89.7 Å². The first-order valence-electron chi connectivity index (χ1n) is 18.7. The number of amides is 3. The number of alkyl carbamates (subject to hydrolysis) is 1. The lowest BCUT2D eigenvalue weighted by molar-refractivity contribution is -0.133. The molecule has 52 heavy (non-hydrogen) atoms. The van der Waals surface area contributed by atoms with Crippen LogP contribution in [0.4, 0.5) is 4.79 Å². The maximum absolute atomic E-state index is 13.5. The number of piperidine rings is 2. The Kier molecular flexibility index (Phi) is 16.1. The van der Waals surface area contributed by atoms with Crippen LogP contribution in [0.5, 0.6) is 5.75 Å². The first-order valence-corrected chi connectivity index (χ1v) is 19.9. The van der Waals surface area contributed by atoms with E-state index in [0.29, 0.717) is 31.9 Å². The maximum atomic E-state index is 13.5. The molecule has 2 saturated heterocycles. The fraction of sp³-hybridized carbons (Fsp3) is 0.684. The van der Waals surface area contributed by atoms with Crippen molar-refractivity contribution in [2.24, 2.45) is 0 Å². The molecule has 2 aliphatic heterocycles. The maximum Gasteiger partial charge on any atom is 0.407 e. The SMILES string of the molecule is CNC(=O)C(CCC=O)N(C=O)Cc1c(C)cccc1OCCN1CCC(OC2=CC([S+]([O-])N3CCC(NC(=O)OC(C)(C)C)CC3)CCC2)CC1. The Labute approximate surface area is 312 Å². The van der Waals surface area contributed by atoms with Gasteiger partial charge in [0.2, 0.25) is 12.3 Å². The van der Waals surface area contributed by atoms with E-state index in [4.69, 9.17) is 14.2 Å². The van der Waals surface area contributed by atoms with Crippen molar-refractivity contribution in [3.63, 3.8) is 0 Å². The van der Waals surface area contributed by atoms with Crippen LogP contribution >= 0.6 is 0 Å². The zero-order valence-corrected chi connectivity index (χ0v) is 32.4. The van der Waals surface area contributed by atoms with Gasteiger partial charge in [-0.1, -0.05) is 12.1 Å². The number of rotatable bonds is 17. The van der Waals surface area contributed by atoms with Crippen molar-refractivity contribution in [1.29, 1.82) is 0 Å². The number of carbonyl (C=O) groups excluding carboxylic acids is 4. The summed E-state index contributed by atoms with van der Waals surface area (Å²) in [6.07, 6.45) is 9.62. The molecule has 0 spiro atoms. The zero-order chi connectivity index (χ0) is 37.7. The number of aryl methyl sites for hydroxylation is 1. The topological polar surface area (TPSA) is 153 Å². The van der Waals surface area contributed by atoms with Gasteiger partial charge in [0, 0.05) is 88.1 Å². The molecule has 4 rings (SSSR count). The first kappa shape index (κ1) is 41.4. The molecule has 3 atom stereocenters. The number of aldehydes is 1. The highest BCUT2D eigenvalue weighted by atomic mass is 32.2. The summed E-state index contributed by atoms with van der Waals surface area (Å²) in [5.41, 5.74) is 1.25. The zero-order valence-electron chi connectivity index (χ0n) is 31.6. The van der Waals surface area contributed by atoms with Gasteiger partial charge in [0.25, 0.3) is 0 Å². The molecule has 14 heteroatoms. The molecule has 3 amide bonds. The smallest absolute Gasteiger partial charge is 0.407 e. The highest BCUT2D eigenvalue weighted by Crippen LogP contribution is 2.30. The van der Waals surface area contributed by atoms with E-state index in [-0.39, 0.29) is 42.7 Å². The monoisotopic (exact) mass is 745 g/mol. The first-order chi connectivity index (χ1) is 24.9. The van der Waals surface area contributed by atoms with E-state index in [1.54, 1.807) is 0 Å². The van der Waals surface area contributed by atoms with Crippen molar-refractivity contribution in [1.82, 2.24) is 24.7 Å². The molecular weight excluding hydrogens is 687 g/mol. The van der Waals surface area contributed by atoms with Gasteiger partial charge in [-0.3, -0.25) is 14.5 Å². The number of benzene rings is 1. The number of carbonyl (C=O) groups is 4. The Bertz CT molecular complexity index is 1360. The van der Waals surface area contributed by atoms with Crippen LogP contribution in [0.15, 0.2) is 30.0 Å². The number of likely N-dealkylation sites (N-methyl/N-ethyl adjacent to an activating group) is 1. The molecule has 0 saturated carbocycles. The van der Waals surface area contributed by atoms with Crippen molar-refractivity contribution in [3.05, 3.63) is 41.2 Å². The second-order valence-corrected chi connectivity index (χ2v) is 16.6. The third-order valence-corrected chi connectivity index (χ3v) is 11.6. The second-order valence-electron chi connectivity index (χ2n) is 14.9. The van der Waals surface area contributed by atoms with Crippen LogP contribution in [0, 0.1) is 6.92 Å². The predicted molar refractivity (Wildman–Crippen MR) is 200 cm³/mol. The van der Waals surface area contributed by atoms with Gasteiger partial charge in [-0.05, 0) is 77.8 Å². The normalized spacial score (nSPS) is 20.6. The Morgan fingerprint density at radius 2 is 1.83 bits per heavy atom. The van der Waals surface area contributed by atoms with Crippen LogP contribution in [0.2, 0.25) is 0 Å². The number of nitrogens with zero attached hydrogens (tertiary/aromatic N) is 3. The summed E-state index contributed by atoms with van der Waals surface area (Å²) in [6, 6.07) is 5.03. The minimum atomic E-state index is -1.14. The molecular formula is C38H59N5O8S. The number of hydrogen-bond acceptors (Lipinski definition) is 10. The van der Waals surface area contributed by atoms with Crippen molar-refractivity contribution in [2.45, 2.75) is 121 Å². The van der Waals surface area contributed by atoms with Crippen LogP contribution < -0.4 is 15.4 Å². The van der Waals surface area contributed by atoms with Crippen LogP contribution in [0.3, 0.4) is 0 Å². The Balaban J connectivity index is 1.21. The van der Waals surface area contributed by atoms with E-state index in [0.717, 1.165) is 87.8 Å². The van der Waals surface area contributed by atoms with Crippen LogP contribution in [0.25, 0.3) is 0 Å². The summed E-state index contributed by atoms with van der Waals surface area (Å²) >= 11 is -1.14. The van der Waals surface area contributed by atoms with Gasteiger partial charge in [-0.25, -0.2) is 4.79 Å². The third-order valence-electron chi connectivity index (χ3n) is 9.84. The third kappa shape index (κ3) is 12.7. The molecule has 0 aromatic heterocycles. The number of allylic oxidation sites excluding steroid dienone is 1. The average Bonchev–Trinajstić information content (AvgIpc) is 3.12. The van der Waals surface area contributed by atoms with Crippen molar-refractivity contribution in [2.75, 3.05) is 46.4 Å². The van der Waals surface area contributed by atoms with Crippen LogP contribution in [-0.2, 0) is 41.8 Å². The molecule has 1 aliphatic carbocycles. The lowest BCUT2D eigenvalue weighted by Crippen LogP contribution is -2.49. The van der Waals surface area contributed by atoms with E-state index in [1.807, 2.05) is 50.2 Å². The summed E-state index contributed by atoms with van der Waals surface area (Å²) < 4.78 is 33.7. The second kappa shape index (κ2) is 20.2. The molecule has 2 fully saturated rings. The van der Waals surface area contributed by atoms with Gasteiger partial charge >= 0.3 is 6.09 Å². The van der Waals surface area contributed by atoms with Gasteiger partial charge in [0.1, 0.15) is 36.4 Å². The molecule has 2 N–H and O–H groups in total. The average molecular weight is 746 g/mol. The van der Waals surface area contributed by atoms with Crippen molar-refractivity contribution in [3.8, 4) is 5.75 Å². The molecule has 1 aromatic carbocycles. The molecule has 290 valence electrons. The molecule has 0 radical (unpaired) electrons. The summed E-state index contributed by atoms with van der Waals surface area (Å²) in [7, 11) is 1.52. The van der Waals surface area contributed by atoms with Crippen molar-refractivity contribution >= 4 is 36.1 Å². The molecule has 2 heterocycles. The quantitative estimate of drug-likeness (QED) is 0.177. The van der Waals surface area contributed by atoms with E-state index >= 15 is 0 Å². The van der Waals surface area contributed by atoms with E-state index in [1.165, 1.54) is 11.9 Å². The van der Waals surface area contributed by atoms with Gasteiger partial charge in [-0.15, -0.1) is 4.31 Å². The molecule has 13 nitrogen and oxygen atoms in total. The van der Waals surface area contributed by atoms with Gasteiger partial charge in [0.05, 0.1) is 12.3 Å². The highest BCUT2D eigenvalue weighted by Gasteiger charge is 2.35. The minimum absolute atomic E-state index is 0.0238. The Morgan fingerprint density at radius 1 is 1.10 bits per heavy atom. The van der Waals surface area contributed by atoms with Crippen LogP contribution in [-0.4, -0.2) is 119 Å². The lowest BCUT2D eigenvalue weighted by atomic mass is 10.0. The van der Waals surface area contributed by atoms with E-state index in [9.17, 15) is 23.7 Å². The highest BCUT2D eigenvalue weighted by molar-refractivity contribution is 7.89. The molecule has 3 aliphatic rings. The summed E-state index contributed by atoms with van der Waals surface area (Å²) in [6.45, 7) is 12.0. The Hall–Kier alpha value is -3.33. The Morgan fingerprint density at radius 3 is 2.48 bits per heavy atom. The van der Waals surface area contributed by atoms with Crippen molar-refractivity contribution < 1.29 is 37.9 Å². The standard InChI is InChI=1S/C38H59N5O8S/c1-28-9-6-13-35(33(28)26-42(27-45)34(12-8-23-44)36(46)39-5)49-24-22-41-18-16-30(17-19-41)50-31-10-7-11-32(25-31)52(48)43-20-14-29(15-21-43)40-37(47)51-38(2,3)4/h6,9,13,23,25,27,29-30,32,34H,7-8,10-12,14-22,24,26H2,1-5H3,(H,39,46)(H,40,47). The minimum Gasteiger partial charge on any atom is -0.597 e. The lowest BCUT2D eigenvalue weighted by Gasteiger charge is -2.36. The molecule has 0 bridgehead atoms. The number of nitrogens with one attached hydrogen (secondary N) is 2. The fourth-order valence-electron chi connectivity index (χ4n) is 6.96. The fourth-order valence-corrected chi connectivity index (χ4v) is 8.55. The summed E-state index contributed by atoms with van der Waals surface area (Å²) in [5, 5.41) is 5.49. The number of hydrogen-bond donors (Lipinski definition) is 2. The van der Waals surface area contributed by atoms with Gasteiger partial charge in [0.15, 0.2) is 5.25 Å². The van der Waals surface area contributed by atoms with E-state index < -0.39 is 29.1 Å². The molecule has 1 aromatic rings. The number of likely N-dealkylation sites (tertiary alicyclic amines) is 1. The van der Waals surface area contributed by atoms with E-state index in [2.05, 4.69) is 21.6 Å². The predicted octanol–water partition coefficient (Wildman–Crippen LogP) is 4.00. The number of ether oxygens (including phenoxy) is 3. The summed E-state index contributed by atoms with van der Waals surface area (Å²) in [5.74, 6) is 1.32. The summed E-state index contributed by atoms with van der Waals surface area (Å²) in [4.78, 5) is 51.6. The van der Waals surface area contributed by atoms with Gasteiger partial charge in [-0.2, -0.15) is 0 Å². The molecule has 3 unspecified atom stereocenters. The van der Waals surface area contributed by atoms with Gasteiger partial charge < -0.3 is 39.1 Å².